The molecule has 0 aliphatic heterocycles. The predicted octanol–water partition coefficient (Wildman–Crippen LogP) is 1.66. The summed E-state index contributed by atoms with van der Waals surface area (Å²) in [5, 5.41) is 32.8. The number of nitriles is 2. The second kappa shape index (κ2) is 9.86. The number of sulfonamides is 1. The van der Waals surface area contributed by atoms with Gasteiger partial charge in [-0.2, -0.15) is 14.8 Å². The third-order valence-corrected chi connectivity index (χ3v) is 6.34. The Morgan fingerprint density at radius 2 is 1.77 bits per heavy atom. The Balaban J connectivity index is 1.72. The number of hydrogen-bond donors (Lipinski definition) is 1. The van der Waals surface area contributed by atoms with Gasteiger partial charge in [-0.25, -0.2) is 8.42 Å². The molecular weight excluding hydrogens is 444 g/mol. The summed E-state index contributed by atoms with van der Waals surface area (Å²) in [6.45, 7) is -0.0620. The summed E-state index contributed by atoms with van der Waals surface area (Å²) < 4.78 is 35.6. The second-order valence-electron chi connectivity index (χ2n) is 5.90. The molecule has 3 rings (SSSR count). The molecule has 0 unspecified atom stereocenters. The minimum atomic E-state index is -3.92. The monoisotopic (exact) mass is 458 g/mol. The number of hydrogen-bond acceptors (Lipinski definition) is 11. The molecule has 0 bridgehead atoms. The normalized spacial score (nSPS) is 11.1. The highest BCUT2D eigenvalue weighted by molar-refractivity contribution is 7.89. The fourth-order valence-corrected chi connectivity index (χ4v) is 4.30. The van der Waals surface area contributed by atoms with Crippen molar-refractivity contribution >= 4 is 33.5 Å². The largest absolute Gasteiger partial charge is 0.401 e. The van der Waals surface area contributed by atoms with Gasteiger partial charge in [0.1, 0.15) is 0 Å². The molecule has 1 N–H and O–H groups in total. The molecule has 1 aromatic carbocycles. The predicted molar refractivity (Wildman–Crippen MR) is 107 cm³/mol. The van der Waals surface area contributed by atoms with E-state index in [2.05, 4.69) is 25.1 Å². The van der Waals surface area contributed by atoms with Crippen molar-refractivity contribution in [2.24, 2.45) is 0 Å². The van der Waals surface area contributed by atoms with Crippen LogP contribution in [0.4, 0.5) is 6.01 Å². The van der Waals surface area contributed by atoms with E-state index in [0.717, 1.165) is 15.8 Å². The van der Waals surface area contributed by atoms with Crippen molar-refractivity contribution in [3.05, 3.63) is 35.2 Å². The smallest absolute Gasteiger partial charge is 0.322 e. The number of rotatable bonds is 9. The topological polar surface area (TPSA) is 179 Å². The lowest BCUT2D eigenvalue weighted by molar-refractivity contribution is 0.102. The van der Waals surface area contributed by atoms with Crippen molar-refractivity contribution in [1.82, 2.24) is 24.1 Å². The fraction of sp³-hybridized carbons (Fsp3) is 0.235. The number of nitrogens with one attached hydrogen (secondary N) is 1. The average molecular weight is 458 g/mol. The molecule has 0 spiro atoms. The van der Waals surface area contributed by atoms with E-state index in [1.807, 2.05) is 12.1 Å². The molecule has 0 aliphatic carbocycles. The maximum absolute atomic E-state index is 12.8. The molecule has 0 saturated carbocycles. The Morgan fingerprint density at radius 1 is 1.10 bits per heavy atom. The van der Waals surface area contributed by atoms with E-state index in [1.54, 1.807) is 5.38 Å². The first-order valence-corrected chi connectivity index (χ1v) is 11.0. The lowest BCUT2D eigenvalue weighted by atomic mass is 10.2. The van der Waals surface area contributed by atoms with Gasteiger partial charge in [-0.3, -0.25) is 10.1 Å². The molecular formula is C17H14N8O4S2. The van der Waals surface area contributed by atoms with Crippen molar-refractivity contribution in [2.45, 2.75) is 17.7 Å². The molecule has 12 nitrogen and oxygen atoms in total. The second-order valence-corrected chi connectivity index (χ2v) is 8.45. The van der Waals surface area contributed by atoms with E-state index >= 15 is 0 Å². The highest BCUT2D eigenvalue weighted by Crippen LogP contribution is 2.20. The lowest BCUT2D eigenvalue weighted by Crippen LogP contribution is -2.32. The van der Waals surface area contributed by atoms with Gasteiger partial charge in [-0.15, -0.1) is 10.2 Å². The van der Waals surface area contributed by atoms with Gasteiger partial charge in [-0.05, 0) is 35.8 Å². The summed E-state index contributed by atoms with van der Waals surface area (Å²) in [6, 6.07) is 8.83. The maximum Gasteiger partial charge on any atom is 0.322 e. The van der Waals surface area contributed by atoms with Crippen molar-refractivity contribution in [3.63, 3.8) is 0 Å². The van der Waals surface area contributed by atoms with Gasteiger partial charge in [0.25, 0.3) is 11.8 Å². The minimum absolute atomic E-state index is 0.00567. The summed E-state index contributed by atoms with van der Waals surface area (Å²) in [4.78, 5) is 12.3. The van der Waals surface area contributed by atoms with Crippen LogP contribution in [0.15, 0.2) is 39.0 Å². The van der Waals surface area contributed by atoms with Gasteiger partial charge in [-0.1, -0.05) is 9.59 Å². The summed E-state index contributed by atoms with van der Waals surface area (Å²) in [5.74, 6) is -0.485. The lowest BCUT2D eigenvalue weighted by Gasteiger charge is -2.20. The molecule has 0 aliphatic rings. The van der Waals surface area contributed by atoms with Crippen molar-refractivity contribution < 1.29 is 17.6 Å². The Hall–Kier alpha value is -3.72. The molecule has 2 aromatic heterocycles. The van der Waals surface area contributed by atoms with Crippen LogP contribution >= 0.6 is 11.5 Å². The number of carbonyl (C=O) groups is 1. The van der Waals surface area contributed by atoms with Crippen LogP contribution in [0.2, 0.25) is 0 Å². The zero-order valence-corrected chi connectivity index (χ0v) is 17.4. The van der Waals surface area contributed by atoms with E-state index in [-0.39, 0.29) is 48.3 Å². The van der Waals surface area contributed by atoms with Crippen LogP contribution in [0.25, 0.3) is 11.6 Å². The van der Waals surface area contributed by atoms with Gasteiger partial charge in [0, 0.05) is 36.9 Å². The Kier molecular flexibility index (Phi) is 6.99. The fourth-order valence-electron chi connectivity index (χ4n) is 2.43. The highest BCUT2D eigenvalue weighted by atomic mass is 32.2. The van der Waals surface area contributed by atoms with Crippen molar-refractivity contribution in [3.8, 4) is 23.7 Å². The molecule has 0 fully saturated rings. The minimum Gasteiger partial charge on any atom is -0.401 e. The van der Waals surface area contributed by atoms with Crippen molar-refractivity contribution in [1.29, 1.82) is 10.5 Å². The SMILES string of the molecule is N#CCCN(CCC#N)S(=O)(=O)c1ccc(C(=O)Nc2nnc(-c3csnn3)o2)cc1. The summed E-state index contributed by atoms with van der Waals surface area (Å²) in [7, 11) is -3.92. The summed E-state index contributed by atoms with van der Waals surface area (Å²) >= 11 is 1.11. The van der Waals surface area contributed by atoms with Crippen molar-refractivity contribution in [2.75, 3.05) is 18.4 Å². The first-order valence-electron chi connectivity index (χ1n) is 8.72. The summed E-state index contributed by atoms with van der Waals surface area (Å²) in [6.07, 6.45) is -0.0113. The molecule has 31 heavy (non-hydrogen) atoms. The molecule has 0 atom stereocenters. The van der Waals surface area contributed by atoms with E-state index in [4.69, 9.17) is 14.9 Å². The van der Waals surface area contributed by atoms with Crippen LogP contribution in [0.5, 0.6) is 0 Å². The van der Waals surface area contributed by atoms with Gasteiger partial charge < -0.3 is 4.42 Å². The third kappa shape index (κ3) is 5.26. The molecule has 0 radical (unpaired) electrons. The van der Waals surface area contributed by atoms with Gasteiger partial charge >= 0.3 is 6.01 Å². The van der Waals surface area contributed by atoms with Crippen LogP contribution in [0.3, 0.4) is 0 Å². The van der Waals surface area contributed by atoms with Crippen LogP contribution in [-0.4, -0.2) is 51.5 Å². The Morgan fingerprint density at radius 3 is 2.35 bits per heavy atom. The molecule has 0 saturated heterocycles. The zero-order valence-electron chi connectivity index (χ0n) is 15.8. The number of nitrogens with zero attached hydrogens (tertiary/aromatic N) is 7. The molecule has 1 amide bonds. The van der Waals surface area contributed by atoms with Gasteiger partial charge in [0.05, 0.1) is 17.0 Å². The van der Waals surface area contributed by atoms with Crippen LogP contribution in [-0.2, 0) is 10.0 Å². The Bertz CT molecular complexity index is 1210. The highest BCUT2D eigenvalue weighted by Gasteiger charge is 2.24. The van der Waals surface area contributed by atoms with Crippen LogP contribution in [0, 0.1) is 22.7 Å². The standard InChI is InChI=1S/C17H14N8O4S2/c18-7-1-9-25(10-2-8-19)31(27,28)13-5-3-12(4-6-13)15(26)20-17-23-22-16(29-17)14-11-30-24-21-14/h3-6,11H,1-2,9-10H2,(H,20,23,26). The number of amides is 1. The number of benzene rings is 1. The van der Waals surface area contributed by atoms with E-state index in [0.29, 0.717) is 5.69 Å². The molecule has 2 heterocycles. The number of aromatic nitrogens is 4. The average Bonchev–Trinajstić information content (AvgIpc) is 3.46. The summed E-state index contributed by atoms with van der Waals surface area (Å²) in [5.41, 5.74) is 0.541. The molecule has 14 heteroatoms. The van der Waals surface area contributed by atoms with E-state index in [9.17, 15) is 13.2 Å². The third-order valence-electron chi connectivity index (χ3n) is 3.92. The van der Waals surface area contributed by atoms with E-state index in [1.165, 1.54) is 24.3 Å². The van der Waals surface area contributed by atoms with Crippen LogP contribution < -0.4 is 5.32 Å². The molecule has 3 aromatic rings. The number of carbonyl (C=O) groups excluding carboxylic acids is 1. The van der Waals surface area contributed by atoms with E-state index < -0.39 is 15.9 Å². The first-order chi connectivity index (χ1) is 15.0. The first kappa shape index (κ1) is 22.0. The maximum atomic E-state index is 12.8. The molecule has 158 valence electrons. The van der Waals surface area contributed by atoms with Gasteiger partial charge in [0.2, 0.25) is 10.0 Å². The van der Waals surface area contributed by atoms with Crippen LogP contribution in [0.1, 0.15) is 23.2 Å². The Labute approximate surface area is 181 Å². The number of anilines is 1. The van der Waals surface area contributed by atoms with Gasteiger partial charge in [0.15, 0.2) is 5.69 Å². The quantitative estimate of drug-likeness (QED) is 0.495. The zero-order chi connectivity index (χ0) is 22.3.